The van der Waals surface area contributed by atoms with E-state index in [1.165, 1.54) is 6.07 Å². The summed E-state index contributed by atoms with van der Waals surface area (Å²) in [6, 6.07) is 12.0. The lowest BCUT2D eigenvalue weighted by molar-refractivity contribution is 0.441. The Morgan fingerprint density at radius 2 is 1.83 bits per heavy atom. The Morgan fingerprint density at radius 3 is 2.39 bits per heavy atom. The van der Waals surface area contributed by atoms with E-state index in [2.05, 4.69) is 22.6 Å². The first kappa shape index (κ1) is 13.3. The summed E-state index contributed by atoms with van der Waals surface area (Å²) in [6.45, 7) is 1.81. The smallest absolute Gasteiger partial charge is 0.166 e. The summed E-state index contributed by atoms with van der Waals surface area (Å²) >= 11 is 2.20. The van der Waals surface area contributed by atoms with Crippen molar-refractivity contribution in [2.45, 2.75) is 13.0 Å². The van der Waals surface area contributed by atoms with Gasteiger partial charge in [-0.2, -0.15) is 0 Å². The van der Waals surface area contributed by atoms with Crippen LogP contribution in [0.1, 0.15) is 18.5 Å². The van der Waals surface area contributed by atoms with Crippen molar-refractivity contribution in [3.05, 3.63) is 57.4 Å². The van der Waals surface area contributed by atoms with Gasteiger partial charge < -0.3 is 10.5 Å². The van der Waals surface area contributed by atoms with Crippen molar-refractivity contribution in [3.63, 3.8) is 0 Å². The van der Waals surface area contributed by atoms with Crippen LogP contribution in [0.2, 0.25) is 0 Å². The van der Waals surface area contributed by atoms with E-state index in [0.29, 0.717) is 5.75 Å². The van der Waals surface area contributed by atoms with E-state index in [1.807, 2.05) is 19.1 Å². The van der Waals surface area contributed by atoms with Gasteiger partial charge in [0.15, 0.2) is 11.6 Å². The Kier molecular flexibility index (Phi) is 4.19. The first-order valence-corrected chi connectivity index (χ1v) is 6.62. The van der Waals surface area contributed by atoms with Gasteiger partial charge >= 0.3 is 0 Å². The molecule has 0 heterocycles. The van der Waals surface area contributed by atoms with Gasteiger partial charge in [-0.3, -0.25) is 0 Å². The van der Waals surface area contributed by atoms with Crippen LogP contribution in [0.25, 0.3) is 0 Å². The molecule has 2 N–H and O–H groups in total. The summed E-state index contributed by atoms with van der Waals surface area (Å²) in [5, 5.41) is 0. The van der Waals surface area contributed by atoms with Crippen molar-refractivity contribution < 1.29 is 9.13 Å². The van der Waals surface area contributed by atoms with Crippen LogP contribution in [0, 0.1) is 9.39 Å². The van der Waals surface area contributed by atoms with E-state index < -0.39 is 5.82 Å². The van der Waals surface area contributed by atoms with E-state index in [0.717, 1.165) is 9.13 Å². The molecule has 4 heteroatoms. The Hall–Kier alpha value is -1.14. The fourth-order valence-corrected chi connectivity index (χ4v) is 1.87. The second-order valence-electron chi connectivity index (χ2n) is 4.03. The molecule has 94 valence electrons. The molecule has 0 aromatic heterocycles. The van der Waals surface area contributed by atoms with Crippen LogP contribution in [0.4, 0.5) is 4.39 Å². The zero-order chi connectivity index (χ0) is 13.1. The van der Waals surface area contributed by atoms with Crippen molar-refractivity contribution in [2.24, 2.45) is 5.73 Å². The van der Waals surface area contributed by atoms with E-state index in [4.69, 9.17) is 10.5 Å². The maximum absolute atomic E-state index is 13.8. The van der Waals surface area contributed by atoms with Gasteiger partial charge in [-0.25, -0.2) is 4.39 Å². The molecule has 2 nitrogen and oxygen atoms in total. The molecular formula is C14H13FINO. The second kappa shape index (κ2) is 5.67. The fraction of sp³-hybridized carbons (Fsp3) is 0.143. The zero-order valence-electron chi connectivity index (χ0n) is 9.86. The van der Waals surface area contributed by atoms with Crippen molar-refractivity contribution >= 4 is 22.6 Å². The summed E-state index contributed by atoms with van der Waals surface area (Å²) in [4.78, 5) is 0. The minimum absolute atomic E-state index is 0.188. The van der Waals surface area contributed by atoms with Crippen molar-refractivity contribution in [1.82, 2.24) is 0 Å². The summed E-state index contributed by atoms with van der Waals surface area (Å²) in [5.41, 5.74) is 6.45. The molecule has 0 aliphatic carbocycles. The van der Waals surface area contributed by atoms with Crippen LogP contribution in [0.5, 0.6) is 11.5 Å². The van der Waals surface area contributed by atoms with Gasteiger partial charge in [0.2, 0.25) is 0 Å². The van der Waals surface area contributed by atoms with Gasteiger partial charge in [0.05, 0.1) is 0 Å². The standard InChI is InChI=1S/C14H13FINO/c1-9(17)10-2-7-14(13(15)8-10)18-12-5-3-11(16)4-6-12/h2-9H,17H2,1H3/t9-/m0/s1. The highest BCUT2D eigenvalue weighted by Gasteiger charge is 2.08. The highest BCUT2D eigenvalue weighted by atomic mass is 127. The molecule has 0 saturated heterocycles. The average Bonchev–Trinajstić information content (AvgIpc) is 2.34. The fourth-order valence-electron chi connectivity index (χ4n) is 1.51. The van der Waals surface area contributed by atoms with E-state index in [-0.39, 0.29) is 11.8 Å². The van der Waals surface area contributed by atoms with Gasteiger partial charge in [0.1, 0.15) is 5.75 Å². The average molecular weight is 357 g/mol. The van der Waals surface area contributed by atoms with Gasteiger partial charge in [-0.1, -0.05) is 6.07 Å². The molecule has 0 unspecified atom stereocenters. The predicted molar refractivity (Wildman–Crippen MR) is 78.2 cm³/mol. The lowest BCUT2D eigenvalue weighted by Gasteiger charge is -2.10. The molecular weight excluding hydrogens is 344 g/mol. The number of hydrogen-bond donors (Lipinski definition) is 1. The molecule has 0 spiro atoms. The third kappa shape index (κ3) is 3.20. The normalized spacial score (nSPS) is 12.2. The molecule has 0 fully saturated rings. The number of halogens is 2. The number of benzene rings is 2. The summed E-state index contributed by atoms with van der Waals surface area (Å²) in [7, 11) is 0. The van der Waals surface area contributed by atoms with Crippen LogP contribution in [-0.2, 0) is 0 Å². The molecule has 2 rings (SSSR count). The highest BCUT2D eigenvalue weighted by molar-refractivity contribution is 14.1. The molecule has 2 aromatic rings. The molecule has 2 aromatic carbocycles. The molecule has 0 aliphatic rings. The molecule has 18 heavy (non-hydrogen) atoms. The van der Waals surface area contributed by atoms with Crippen molar-refractivity contribution in [1.29, 1.82) is 0 Å². The Morgan fingerprint density at radius 1 is 1.17 bits per heavy atom. The molecule has 0 amide bonds. The minimum Gasteiger partial charge on any atom is -0.454 e. The molecule has 0 radical (unpaired) electrons. The number of nitrogens with two attached hydrogens (primary N) is 1. The monoisotopic (exact) mass is 357 g/mol. The minimum atomic E-state index is -0.400. The zero-order valence-corrected chi connectivity index (χ0v) is 12.0. The first-order valence-electron chi connectivity index (χ1n) is 5.54. The van der Waals surface area contributed by atoms with Crippen LogP contribution >= 0.6 is 22.6 Å². The molecule has 0 bridgehead atoms. The van der Waals surface area contributed by atoms with Crippen LogP contribution in [-0.4, -0.2) is 0 Å². The van der Waals surface area contributed by atoms with Gasteiger partial charge in [0, 0.05) is 9.61 Å². The highest BCUT2D eigenvalue weighted by Crippen LogP contribution is 2.26. The quantitative estimate of drug-likeness (QED) is 0.834. The summed E-state index contributed by atoms with van der Waals surface area (Å²) in [5.74, 6) is 0.423. The van der Waals surface area contributed by atoms with Crippen LogP contribution < -0.4 is 10.5 Å². The van der Waals surface area contributed by atoms with E-state index in [9.17, 15) is 4.39 Å². The molecule has 0 aliphatic heterocycles. The predicted octanol–water partition coefficient (Wildman–Crippen LogP) is 4.24. The lowest BCUT2D eigenvalue weighted by Crippen LogP contribution is -2.05. The first-order chi connectivity index (χ1) is 8.56. The van der Waals surface area contributed by atoms with Gasteiger partial charge in [0.25, 0.3) is 0 Å². The SMILES string of the molecule is C[C@H](N)c1ccc(Oc2ccc(I)cc2)c(F)c1. The maximum Gasteiger partial charge on any atom is 0.166 e. The Bertz CT molecular complexity index is 540. The lowest BCUT2D eigenvalue weighted by atomic mass is 10.1. The van der Waals surface area contributed by atoms with E-state index in [1.54, 1.807) is 24.3 Å². The van der Waals surface area contributed by atoms with Crippen molar-refractivity contribution in [3.8, 4) is 11.5 Å². The number of ether oxygens (including phenoxy) is 1. The van der Waals surface area contributed by atoms with Crippen LogP contribution in [0.3, 0.4) is 0 Å². The van der Waals surface area contributed by atoms with Gasteiger partial charge in [-0.15, -0.1) is 0 Å². The summed E-state index contributed by atoms with van der Waals surface area (Å²) in [6.07, 6.45) is 0. The Balaban J connectivity index is 2.22. The number of rotatable bonds is 3. The van der Waals surface area contributed by atoms with Crippen molar-refractivity contribution in [2.75, 3.05) is 0 Å². The summed E-state index contributed by atoms with van der Waals surface area (Å²) < 4.78 is 20.4. The van der Waals surface area contributed by atoms with E-state index >= 15 is 0 Å². The third-order valence-electron chi connectivity index (χ3n) is 2.52. The topological polar surface area (TPSA) is 35.2 Å². The third-order valence-corrected chi connectivity index (χ3v) is 3.24. The Labute approximate surface area is 119 Å². The number of hydrogen-bond acceptors (Lipinski definition) is 2. The second-order valence-corrected chi connectivity index (χ2v) is 5.28. The maximum atomic E-state index is 13.8. The molecule has 0 saturated carbocycles. The largest absolute Gasteiger partial charge is 0.454 e. The molecule has 1 atom stereocenters. The van der Waals surface area contributed by atoms with Crippen LogP contribution in [0.15, 0.2) is 42.5 Å². The van der Waals surface area contributed by atoms with Gasteiger partial charge in [-0.05, 0) is 71.5 Å².